The highest BCUT2D eigenvalue weighted by molar-refractivity contribution is 5.92. The summed E-state index contributed by atoms with van der Waals surface area (Å²) in [5.41, 5.74) is 0.984. The fraction of sp³-hybridized carbons (Fsp3) is 0.200. The van der Waals surface area contributed by atoms with Crippen LogP contribution in [0.15, 0.2) is 24.8 Å². The molecule has 0 aliphatic carbocycles. The number of ether oxygens (including phenoxy) is 1. The number of aromatic nitrogens is 3. The van der Waals surface area contributed by atoms with Gasteiger partial charge in [0.25, 0.3) is 0 Å². The van der Waals surface area contributed by atoms with Crippen LogP contribution < -0.4 is 0 Å². The molecule has 84 valence electrons. The molecule has 0 atom stereocenters. The second-order valence-corrected chi connectivity index (χ2v) is 2.88. The average molecular weight is 240 g/mol. The van der Waals surface area contributed by atoms with E-state index < -0.39 is 0 Å². The molecule has 0 aromatic carbocycles. The van der Waals surface area contributed by atoms with Gasteiger partial charge in [0.05, 0.1) is 12.2 Å². The van der Waals surface area contributed by atoms with Gasteiger partial charge in [0, 0.05) is 17.8 Å². The summed E-state index contributed by atoms with van der Waals surface area (Å²) in [6.45, 7) is 2.11. The molecule has 0 aliphatic heterocycles. The Bertz CT molecular complexity index is 504. The first-order valence-electron chi connectivity index (χ1n) is 4.54. The first-order valence-corrected chi connectivity index (χ1v) is 4.54. The predicted octanol–water partition coefficient (Wildman–Crippen LogP) is 1.62. The van der Waals surface area contributed by atoms with Gasteiger partial charge in [-0.1, -0.05) is 0 Å². The van der Waals surface area contributed by atoms with E-state index in [0.29, 0.717) is 17.8 Å². The monoisotopic (exact) mass is 239 g/mol. The fourth-order valence-corrected chi connectivity index (χ4v) is 1.21. The van der Waals surface area contributed by atoms with E-state index in [9.17, 15) is 4.79 Å². The molecule has 0 fully saturated rings. The zero-order valence-electron chi connectivity index (χ0n) is 8.58. The van der Waals surface area contributed by atoms with Crippen LogP contribution in [-0.4, -0.2) is 27.5 Å². The van der Waals surface area contributed by atoms with Gasteiger partial charge in [-0.25, -0.2) is 19.7 Å². The van der Waals surface area contributed by atoms with Crippen LogP contribution in [0.3, 0.4) is 0 Å². The van der Waals surface area contributed by atoms with Gasteiger partial charge >= 0.3 is 5.97 Å². The van der Waals surface area contributed by atoms with Gasteiger partial charge in [-0.3, -0.25) is 0 Å². The topological polar surface area (TPSA) is 65.0 Å². The van der Waals surface area contributed by atoms with Crippen LogP contribution in [-0.2, 0) is 4.74 Å². The van der Waals surface area contributed by atoms with Crippen molar-refractivity contribution in [1.29, 1.82) is 0 Å². The number of carbonyl (C=O) groups is 1. The third-order valence-corrected chi connectivity index (χ3v) is 1.87. The molecule has 2 rings (SSSR count). The van der Waals surface area contributed by atoms with Crippen LogP contribution in [0, 0.1) is 0 Å². The summed E-state index contributed by atoms with van der Waals surface area (Å²) < 4.78 is 4.86. The summed E-state index contributed by atoms with van der Waals surface area (Å²) in [5, 5.41) is 0.725. The van der Waals surface area contributed by atoms with Crippen molar-refractivity contribution in [1.82, 2.24) is 15.0 Å². The van der Waals surface area contributed by atoms with Crippen molar-refractivity contribution in [3.05, 3.63) is 30.4 Å². The molecule has 0 N–H and O–H groups in total. The molecule has 0 aliphatic rings. The normalized spacial score (nSPS) is 9.56. The van der Waals surface area contributed by atoms with E-state index in [4.69, 9.17) is 4.74 Å². The molecule has 0 bridgehead atoms. The number of halogens is 1. The Morgan fingerprint density at radius 3 is 2.94 bits per heavy atom. The summed E-state index contributed by atoms with van der Waals surface area (Å²) in [4.78, 5) is 23.2. The number of fused-ring (bicyclic) bond motifs is 1. The molecule has 0 saturated carbocycles. The van der Waals surface area contributed by atoms with Gasteiger partial charge in [-0.15, -0.1) is 12.4 Å². The van der Waals surface area contributed by atoms with Crippen molar-refractivity contribution >= 4 is 29.4 Å². The zero-order valence-corrected chi connectivity index (χ0v) is 9.40. The Morgan fingerprint density at radius 1 is 1.38 bits per heavy atom. The van der Waals surface area contributed by atoms with Gasteiger partial charge in [0.1, 0.15) is 6.33 Å². The van der Waals surface area contributed by atoms with Gasteiger partial charge in [0.2, 0.25) is 0 Å². The highest BCUT2D eigenvalue weighted by atomic mass is 35.5. The minimum absolute atomic E-state index is 0. The molecule has 2 aromatic heterocycles. The molecular formula is C10H10ClN3O2. The fourth-order valence-electron chi connectivity index (χ4n) is 1.21. The van der Waals surface area contributed by atoms with E-state index in [-0.39, 0.29) is 18.4 Å². The van der Waals surface area contributed by atoms with Crippen molar-refractivity contribution < 1.29 is 9.53 Å². The largest absolute Gasteiger partial charge is 0.462 e. The number of pyridine rings is 1. The summed E-state index contributed by atoms with van der Waals surface area (Å²) in [6.07, 6.45) is 4.48. The van der Waals surface area contributed by atoms with Gasteiger partial charge < -0.3 is 4.74 Å². The van der Waals surface area contributed by atoms with E-state index in [1.54, 1.807) is 19.2 Å². The number of rotatable bonds is 2. The van der Waals surface area contributed by atoms with Crippen molar-refractivity contribution in [2.75, 3.05) is 6.61 Å². The van der Waals surface area contributed by atoms with E-state index in [2.05, 4.69) is 15.0 Å². The number of esters is 1. The van der Waals surface area contributed by atoms with Gasteiger partial charge in [-0.2, -0.15) is 0 Å². The maximum Gasteiger partial charge on any atom is 0.339 e. The molecule has 2 aromatic rings. The lowest BCUT2D eigenvalue weighted by atomic mass is 10.2. The van der Waals surface area contributed by atoms with E-state index in [1.807, 2.05) is 0 Å². The van der Waals surface area contributed by atoms with Crippen LogP contribution in [0.25, 0.3) is 11.0 Å². The first kappa shape index (κ1) is 12.3. The number of carbonyl (C=O) groups excluding carboxylic acids is 1. The van der Waals surface area contributed by atoms with Crippen LogP contribution >= 0.6 is 12.4 Å². The Kier molecular flexibility index (Phi) is 4.13. The SMILES string of the molecule is CCOC(=O)c1cnc2ncncc2c1.Cl. The van der Waals surface area contributed by atoms with Crippen LogP contribution in [0.2, 0.25) is 0 Å². The number of hydrogen-bond donors (Lipinski definition) is 0. The van der Waals surface area contributed by atoms with Gasteiger partial charge in [0.15, 0.2) is 5.65 Å². The van der Waals surface area contributed by atoms with Crippen molar-refractivity contribution in [3.8, 4) is 0 Å². The lowest BCUT2D eigenvalue weighted by molar-refractivity contribution is 0.0526. The van der Waals surface area contributed by atoms with Crippen molar-refractivity contribution in [3.63, 3.8) is 0 Å². The number of nitrogens with zero attached hydrogens (tertiary/aromatic N) is 3. The highest BCUT2D eigenvalue weighted by Crippen LogP contribution is 2.09. The third-order valence-electron chi connectivity index (χ3n) is 1.87. The van der Waals surface area contributed by atoms with E-state index in [1.165, 1.54) is 12.5 Å². The Labute approximate surface area is 98.3 Å². The molecule has 0 unspecified atom stereocenters. The molecule has 16 heavy (non-hydrogen) atoms. The molecule has 0 spiro atoms. The molecule has 2 heterocycles. The standard InChI is InChI=1S/C10H9N3O2.ClH/c1-2-15-10(14)8-3-7-4-11-6-13-9(7)12-5-8;/h3-6H,2H2,1H3;1H. The maximum absolute atomic E-state index is 11.4. The second kappa shape index (κ2) is 5.37. The predicted molar refractivity (Wildman–Crippen MR) is 60.5 cm³/mol. The molecule has 0 amide bonds. The second-order valence-electron chi connectivity index (χ2n) is 2.88. The third kappa shape index (κ3) is 2.43. The van der Waals surface area contributed by atoms with Crippen LogP contribution in [0.4, 0.5) is 0 Å². The summed E-state index contributed by atoms with van der Waals surface area (Å²) in [5.74, 6) is -0.379. The van der Waals surface area contributed by atoms with Crippen molar-refractivity contribution in [2.24, 2.45) is 0 Å². The summed E-state index contributed by atoms with van der Waals surface area (Å²) in [6, 6.07) is 1.67. The summed E-state index contributed by atoms with van der Waals surface area (Å²) >= 11 is 0. The Morgan fingerprint density at radius 2 is 2.19 bits per heavy atom. The quantitative estimate of drug-likeness (QED) is 0.745. The summed E-state index contributed by atoms with van der Waals surface area (Å²) in [7, 11) is 0. The van der Waals surface area contributed by atoms with Crippen molar-refractivity contribution in [2.45, 2.75) is 6.92 Å². The first-order chi connectivity index (χ1) is 7.31. The highest BCUT2D eigenvalue weighted by Gasteiger charge is 2.07. The molecule has 0 radical (unpaired) electrons. The minimum Gasteiger partial charge on any atom is -0.462 e. The Balaban J connectivity index is 0.00000128. The smallest absolute Gasteiger partial charge is 0.339 e. The minimum atomic E-state index is -0.379. The zero-order chi connectivity index (χ0) is 10.7. The van der Waals surface area contributed by atoms with Gasteiger partial charge in [-0.05, 0) is 13.0 Å². The molecule has 0 saturated heterocycles. The molecule has 6 heteroatoms. The lowest BCUT2D eigenvalue weighted by Crippen LogP contribution is -2.05. The van der Waals surface area contributed by atoms with Crippen LogP contribution in [0.5, 0.6) is 0 Å². The Hall–Kier alpha value is -1.75. The molecular weight excluding hydrogens is 230 g/mol. The maximum atomic E-state index is 11.4. The molecule has 5 nitrogen and oxygen atoms in total. The van der Waals surface area contributed by atoms with Crippen LogP contribution in [0.1, 0.15) is 17.3 Å². The van der Waals surface area contributed by atoms with E-state index >= 15 is 0 Å². The number of hydrogen-bond acceptors (Lipinski definition) is 5. The average Bonchev–Trinajstić information content (AvgIpc) is 2.29. The lowest BCUT2D eigenvalue weighted by Gasteiger charge is -2.01. The van der Waals surface area contributed by atoms with E-state index in [0.717, 1.165) is 5.39 Å².